The molecule has 3 N–H and O–H groups in total. The zero-order valence-corrected chi connectivity index (χ0v) is 20.5. The topological polar surface area (TPSA) is 84.0 Å². The molecule has 0 aliphatic carbocycles. The first kappa shape index (κ1) is 23.9. The van der Waals surface area contributed by atoms with Crippen LogP contribution in [0.4, 0.5) is 0 Å². The molecule has 0 saturated carbocycles. The van der Waals surface area contributed by atoms with Gasteiger partial charge in [-0.15, -0.1) is 0 Å². The van der Waals surface area contributed by atoms with E-state index in [9.17, 15) is 9.90 Å². The number of aliphatic hydroxyl groups excluding tert-OH is 1. The van der Waals surface area contributed by atoms with Crippen molar-refractivity contribution in [3.63, 3.8) is 0 Å². The zero-order valence-electron chi connectivity index (χ0n) is 20.5. The summed E-state index contributed by atoms with van der Waals surface area (Å²) in [5.74, 6) is 1.10. The van der Waals surface area contributed by atoms with E-state index in [1.54, 1.807) is 0 Å². The van der Waals surface area contributed by atoms with Gasteiger partial charge < -0.3 is 29.9 Å². The molecule has 2 fully saturated rings. The molecule has 0 bridgehead atoms. The highest BCUT2D eigenvalue weighted by Gasteiger charge is 2.27. The largest absolute Gasteiger partial charge is 0.457 e. The Balaban J connectivity index is 1.30. The van der Waals surface area contributed by atoms with E-state index in [4.69, 9.17) is 10.5 Å². The molecule has 5 rings (SSSR count). The maximum atomic E-state index is 12.4. The van der Waals surface area contributed by atoms with Crippen LogP contribution in [0.2, 0.25) is 0 Å². The summed E-state index contributed by atoms with van der Waals surface area (Å²) in [6, 6.07) is 16.1. The standard InChI is InChI=1S/C28H36N4O3/c1-20-5-7-23(8-6-20)35-27-4-2-3-25-24(27)19-26(28(29)34)32(25)21-9-13-30(14-10-21)17-18-31-15-11-22(33)12-16-31/h2-8,19,21-22,33H,9-18H2,1H3,(H2,29,34). The van der Waals surface area contributed by atoms with Crippen molar-refractivity contribution in [2.75, 3.05) is 39.3 Å². The average Bonchev–Trinajstić information content (AvgIpc) is 3.27. The number of aliphatic hydroxyl groups is 1. The molecule has 3 heterocycles. The highest BCUT2D eigenvalue weighted by molar-refractivity contribution is 6.00. The van der Waals surface area contributed by atoms with Crippen LogP contribution < -0.4 is 10.5 Å². The summed E-state index contributed by atoms with van der Waals surface area (Å²) in [7, 11) is 0. The van der Waals surface area contributed by atoms with Crippen LogP contribution in [0.1, 0.15) is 47.8 Å². The molecule has 7 heteroatoms. The lowest BCUT2D eigenvalue weighted by Gasteiger charge is -2.36. The second-order valence-corrected chi connectivity index (χ2v) is 10.0. The van der Waals surface area contributed by atoms with Gasteiger partial charge in [0.05, 0.1) is 11.6 Å². The molecule has 0 unspecified atom stereocenters. The quantitative estimate of drug-likeness (QED) is 0.540. The number of carbonyl (C=O) groups is 1. The Morgan fingerprint density at radius 1 is 0.971 bits per heavy atom. The third kappa shape index (κ3) is 5.37. The minimum atomic E-state index is -0.405. The van der Waals surface area contributed by atoms with Gasteiger partial charge in [-0.05, 0) is 62.9 Å². The Labute approximate surface area is 207 Å². The highest BCUT2D eigenvalue weighted by Crippen LogP contribution is 2.36. The number of aromatic nitrogens is 1. The highest BCUT2D eigenvalue weighted by atomic mass is 16.5. The number of rotatable bonds is 7. The molecule has 7 nitrogen and oxygen atoms in total. The Morgan fingerprint density at radius 2 is 1.60 bits per heavy atom. The van der Waals surface area contributed by atoms with E-state index in [1.165, 1.54) is 5.56 Å². The van der Waals surface area contributed by atoms with Crippen LogP contribution in [0.3, 0.4) is 0 Å². The van der Waals surface area contributed by atoms with E-state index in [-0.39, 0.29) is 12.1 Å². The molecule has 0 atom stereocenters. The van der Waals surface area contributed by atoms with Crippen LogP contribution in [-0.4, -0.2) is 70.8 Å². The van der Waals surface area contributed by atoms with Gasteiger partial charge in [-0.25, -0.2) is 0 Å². The van der Waals surface area contributed by atoms with Gasteiger partial charge in [0.1, 0.15) is 17.2 Å². The zero-order chi connectivity index (χ0) is 24.4. The van der Waals surface area contributed by atoms with Gasteiger partial charge in [-0.3, -0.25) is 4.79 Å². The van der Waals surface area contributed by atoms with Crippen molar-refractivity contribution in [1.29, 1.82) is 0 Å². The smallest absolute Gasteiger partial charge is 0.265 e. The molecule has 3 aromatic rings. The van der Waals surface area contributed by atoms with E-state index in [1.807, 2.05) is 49.4 Å². The van der Waals surface area contributed by atoms with Crippen molar-refractivity contribution in [1.82, 2.24) is 14.4 Å². The molecule has 2 aliphatic heterocycles. The average molecular weight is 477 g/mol. The summed E-state index contributed by atoms with van der Waals surface area (Å²) in [5.41, 5.74) is 8.56. The first-order valence-corrected chi connectivity index (χ1v) is 12.8. The van der Waals surface area contributed by atoms with Crippen LogP contribution >= 0.6 is 0 Å². The number of piperidine rings is 2. The number of nitrogens with two attached hydrogens (primary N) is 1. The number of carbonyl (C=O) groups excluding carboxylic acids is 1. The first-order chi connectivity index (χ1) is 17.0. The summed E-state index contributed by atoms with van der Waals surface area (Å²) in [4.78, 5) is 17.4. The van der Waals surface area contributed by atoms with Crippen LogP contribution in [0, 0.1) is 6.92 Å². The van der Waals surface area contributed by atoms with Crippen LogP contribution in [-0.2, 0) is 0 Å². The molecule has 186 valence electrons. The van der Waals surface area contributed by atoms with Gasteiger partial charge in [-0.1, -0.05) is 23.8 Å². The van der Waals surface area contributed by atoms with Crippen molar-refractivity contribution in [3.8, 4) is 11.5 Å². The SMILES string of the molecule is Cc1ccc(Oc2cccc3c2cc(C(N)=O)n3C2CCN(CCN3CCC(O)CC3)CC2)cc1. The summed E-state index contributed by atoms with van der Waals surface area (Å²) >= 11 is 0. The molecule has 1 aromatic heterocycles. The van der Waals surface area contributed by atoms with E-state index in [0.717, 1.165) is 87.4 Å². The predicted octanol–water partition coefficient (Wildman–Crippen LogP) is 3.93. The molecule has 2 saturated heterocycles. The van der Waals surface area contributed by atoms with Gasteiger partial charge in [0.2, 0.25) is 0 Å². The van der Waals surface area contributed by atoms with Gasteiger partial charge in [0, 0.05) is 50.7 Å². The monoisotopic (exact) mass is 476 g/mol. The minimum Gasteiger partial charge on any atom is -0.457 e. The Hall–Kier alpha value is -2.87. The number of hydrogen-bond acceptors (Lipinski definition) is 5. The van der Waals surface area contributed by atoms with Crippen molar-refractivity contribution in [2.45, 2.75) is 44.8 Å². The van der Waals surface area contributed by atoms with Gasteiger partial charge in [0.15, 0.2) is 0 Å². The number of hydrogen-bond donors (Lipinski definition) is 2. The Morgan fingerprint density at radius 3 is 2.23 bits per heavy atom. The van der Waals surface area contributed by atoms with Crippen LogP contribution in [0.25, 0.3) is 10.9 Å². The van der Waals surface area contributed by atoms with Crippen molar-refractivity contribution in [2.24, 2.45) is 5.73 Å². The number of primary amides is 1. The molecule has 0 radical (unpaired) electrons. The summed E-state index contributed by atoms with van der Waals surface area (Å²) in [6.45, 7) is 8.12. The third-order valence-electron chi connectivity index (χ3n) is 7.56. The normalized spacial score (nSPS) is 18.8. The summed E-state index contributed by atoms with van der Waals surface area (Å²) in [5, 5.41) is 10.6. The third-order valence-corrected chi connectivity index (χ3v) is 7.56. The van der Waals surface area contributed by atoms with Crippen molar-refractivity contribution < 1.29 is 14.6 Å². The number of nitrogens with zero attached hydrogens (tertiary/aromatic N) is 3. The van der Waals surface area contributed by atoms with E-state index < -0.39 is 5.91 Å². The lowest BCUT2D eigenvalue weighted by molar-refractivity contribution is 0.0733. The maximum Gasteiger partial charge on any atom is 0.265 e. The molecule has 1 amide bonds. The molecule has 35 heavy (non-hydrogen) atoms. The van der Waals surface area contributed by atoms with Crippen molar-refractivity contribution in [3.05, 3.63) is 59.8 Å². The predicted molar refractivity (Wildman–Crippen MR) is 138 cm³/mol. The summed E-state index contributed by atoms with van der Waals surface area (Å²) < 4.78 is 8.34. The van der Waals surface area contributed by atoms with Gasteiger partial charge in [0.25, 0.3) is 5.91 Å². The fourth-order valence-corrected chi connectivity index (χ4v) is 5.46. The second kappa shape index (κ2) is 10.4. The lowest BCUT2D eigenvalue weighted by atomic mass is 10.0. The Bertz CT molecular complexity index is 1160. The van der Waals surface area contributed by atoms with E-state index in [2.05, 4.69) is 20.4 Å². The van der Waals surface area contributed by atoms with Gasteiger partial charge >= 0.3 is 0 Å². The number of ether oxygens (including phenoxy) is 1. The number of aryl methyl sites for hydroxylation is 1. The molecular formula is C28H36N4O3. The minimum absolute atomic E-state index is 0.124. The number of likely N-dealkylation sites (tertiary alicyclic amines) is 2. The molecule has 2 aromatic carbocycles. The fourth-order valence-electron chi connectivity index (χ4n) is 5.46. The fraction of sp³-hybridized carbons (Fsp3) is 0.464. The van der Waals surface area contributed by atoms with E-state index in [0.29, 0.717) is 5.69 Å². The molecule has 2 aliphatic rings. The van der Waals surface area contributed by atoms with Gasteiger partial charge in [-0.2, -0.15) is 0 Å². The number of fused-ring (bicyclic) bond motifs is 1. The Kier molecular flexibility index (Phi) is 7.09. The first-order valence-electron chi connectivity index (χ1n) is 12.8. The lowest BCUT2D eigenvalue weighted by Crippen LogP contribution is -2.43. The second-order valence-electron chi connectivity index (χ2n) is 10.0. The maximum absolute atomic E-state index is 12.4. The van der Waals surface area contributed by atoms with Crippen molar-refractivity contribution >= 4 is 16.8 Å². The molecule has 0 spiro atoms. The van der Waals surface area contributed by atoms with Crippen LogP contribution in [0.15, 0.2) is 48.5 Å². The number of amides is 1. The number of benzene rings is 2. The molecular weight excluding hydrogens is 440 g/mol. The van der Waals surface area contributed by atoms with Crippen LogP contribution in [0.5, 0.6) is 11.5 Å². The summed E-state index contributed by atoms with van der Waals surface area (Å²) in [6.07, 6.45) is 3.60. The van der Waals surface area contributed by atoms with E-state index >= 15 is 0 Å².